The van der Waals surface area contributed by atoms with Crippen LogP contribution < -0.4 is 0 Å². The molecule has 0 aromatic heterocycles. The summed E-state index contributed by atoms with van der Waals surface area (Å²) in [7, 11) is 0. The molecule has 0 amide bonds. The predicted molar refractivity (Wildman–Crippen MR) is 65.9 cm³/mol. The Morgan fingerprint density at radius 3 is 2.11 bits per heavy atom. The standard InChI is InChI=1S/C11H11ClN2O4/c12-9-3-1-8(2-4-9)5-13-14(6-10(15)16)7-11(17)18/h1-5H,6-7H2,(H,15,16)(H,17,18)/b13-5+. The SMILES string of the molecule is O=C(O)CN(CC(=O)O)/N=C/c1ccc(Cl)cc1. The first-order valence-corrected chi connectivity index (χ1v) is 5.33. The van der Waals surface area contributed by atoms with Crippen molar-refractivity contribution in [1.29, 1.82) is 0 Å². The third kappa shape index (κ3) is 5.31. The van der Waals surface area contributed by atoms with Crippen molar-refractivity contribution >= 4 is 29.8 Å². The minimum atomic E-state index is -1.15. The van der Waals surface area contributed by atoms with Gasteiger partial charge in [-0.05, 0) is 17.7 Å². The van der Waals surface area contributed by atoms with E-state index in [-0.39, 0.29) is 0 Å². The third-order valence-electron chi connectivity index (χ3n) is 1.88. The minimum absolute atomic E-state index is 0.476. The Labute approximate surface area is 108 Å². The molecule has 0 saturated carbocycles. The Morgan fingerprint density at radius 1 is 1.17 bits per heavy atom. The smallest absolute Gasteiger partial charge is 0.324 e. The highest BCUT2D eigenvalue weighted by atomic mass is 35.5. The lowest BCUT2D eigenvalue weighted by Crippen LogP contribution is -2.30. The van der Waals surface area contributed by atoms with Crippen molar-refractivity contribution in [3.05, 3.63) is 34.9 Å². The summed E-state index contributed by atoms with van der Waals surface area (Å²) >= 11 is 5.70. The molecule has 6 nitrogen and oxygen atoms in total. The fraction of sp³-hybridized carbons (Fsp3) is 0.182. The largest absolute Gasteiger partial charge is 0.480 e. The topological polar surface area (TPSA) is 90.2 Å². The first kappa shape index (κ1) is 14.0. The molecule has 1 rings (SSSR count). The average Bonchev–Trinajstić information content (AvgIpc) is 2.26. The fourth-order valence-electron chi connectivity index (χ4n) is 1.15. The molecule has 0 aliphatic carbocycles. The van der Waals surface area contributed by atoms with E-state index in [2.05, 4.69) is 5.10 Å². The number of carboxylic acid groups (broad SMARTS) is 2. The van der Waals surface area contributed by atoms with Crippen LogP contribution in [0.5, 0.6) is 0 Å². The van der Waals surface area contributed by atoms with Gasteiger partial charge in [-0.15, -0.1) is 0 Å². The molecule has 7 heteroatoms. The van der Waals surface area contributed by atoms with Gasteiger partial charge in [0.2, 0.25) is 0 Å². The van der Waals surface area contributed by atoms with Gasteiger partial charge in [-0.3, -0.25) is 14.6 Å². The van der Waals surface area contributed by atoms with Crippen LogP contribution in [0.3, 0.4) is 0 Å². The van der Waals surface area contributed by atoms with E-state index in [0.717, 1.165) is 5.01 Å². The molecular weight excluding hydrogens is 260 g/mol. The maximum absolute atomic E-state index is 10.5. The van der Waals surface area contributed by atoms with Gasteiger partial charge in [0.1, 0.15) is 13.1 Å². The highest BCUT2D eigenvalue weighted by Gasteiger charge is 2.10. The molecule has 0 unspecified atom stereocenters. The average molecular weight is 271 g/mol. The first-order valence-electron chi connectivity index (χ1n) is 4.95. The number of aliphatic carboxylic acids is 2. The summed E-state index contributed by atoms with van der Waals surface area (Å²) < 4.78 is 0. The van der Waals surface area contributed by atoms with Crippen LogP contribution in [-0.2, 0) is 9.59 Å². The molecule has 0 aliphatic rings. The van der Waals surface area contributed by atoms with Gasteiger partial charge in [0.25, 0.3) is 0 Å². The summed E-state index contributed by atoms with van der Waals surface area (Å²) in [6.45, 7) is -0.952. The summed E-state index contributed by atoms with van der Waals surface area (Å²) in [4.78, 5) is 21.0. The normalized spacial score (nSPS) is 10.5. The number of carbonyl (C=O) groups is 2. The van der Waals surface area contributed by atoms with E-state index in [1.165, 1.54) is 6.21 Å². The van der Waals surface area contributed by atoms with Crippen molar-refractivity contribution in [1.82, 2.24) is 5.01 Å². The maximum Gasteiger partial charge on any atom is 0.324 e. The van der Waals surface area contributed by atoms with Crippen LogP contribution in [0.15, 0.2) is 29.4 Å². The van der Waals surface area contributed by atoms with Crippen molar-refractivity contribution in [3.8, 4) is 0 Å². The monoisotopic (exact) mass is 270 g/mol. The van der Waals surface area contributed by atoms with E-state index in [1.807, 2.05) is 0 Å². The zero-order valence-corrected chi connectivity index (χ0v) is 10.0. The van der Waals surface area contributed by atoms with Gasteiger partial charge < -0.3 is 10.2 Å². The van der Waals surface area contributed by atoms with Crippen molar-refractivity contribution in [2.75, 3.05) is 13.1 Å². The molecule has 0 saturated heterocycles. The Balaban J connectivity index is 2.72. The van der Waals surface area contributed by atoms with Crippen LogP contribution in [0.2, 0.25) is 5.02 Å². The van der Waals surface area contributed by atoms with E-state index in [4.69, 9.17) is 21.8 Å². The van der Waals surface area contributed by atoms with Crippen LogP contribution in [0, 0.1) is 0 Å². The fourth-order valence-corrected chi connectivity index (χ4v) is 1.27. The second-order valence-electron chi connectivity index (χ2n) is 3.41. The molecule has 0 aliphatic heterocycles. The molecule has 2 N–H and O–H groups in total. The highest BCUT2D eigenvalue weighted by molar-refractivity contribution is 6.30. The summed E-state index contributed by atoms with van der Waals surface area (Å²) in [6.07, 6.45) is 1.38. The van der Waals surface area contributed by atoms with E-state index < -0.39 is 25.0 Å². The Morgan fingerprint density at radius 2 is 1.67 bits per heavy atom. The van der Waals surface area contributed by atoms with Crippen LogP contribution in [0.25, 0.3) is 0 Å². The number of benzene rings is 1. The summed E-state index contributed by atoms with van der Waals surface area (Å²) in [5.41, 5.74) is 0.695. The molecule has 0 fully saturated rings. The van der Waals surface area contributed by atoms with Crippen molar-refractivity contribution in [2.45, 2.75) is 0 Å². The van der Waals surface area contributed by atoms with Crippen LogP contribution in [0.1, 0.15) is 5.56 Å². The Bertz CT molecular complexity index is 443. The number of hydrogen-bond acceptors (Lipinski definition) is 4. The molecular formula is C11H11ClN2O4. The zero-order chi connectivity index (χ0) is 13.5. The van der Waals surface area contributed by atoms with E-state index in [1.54, 1.807) is 24.3 Å². The summed E-state index contributed by atoms with van der Waals surface area (Å²) in [6, 6.07) is 6.68. The molecule has 0 heterocycles. The lowest BCUT2D eigenvalue weighted by atomic mass is 10.2. The second kappa shape index (κ2) is 6.61. The Hall–Kier alpha value is -2.08. The molecule has 1 aromatic rings. The van der Waals surface area contributed by atoms with E-state index in [0.29, 0.717) is 10.6 Å². The minimum Gasteiger partial charge on any atom is -0.480 e. The van der Waals surface area contributed by atoms with Gasteiger partial charge in [0.05, 0.1) is 6.21 Å². The summed E-state index contributed by atoms with van der Waals surface area (Å²) in [5, 5.41) is 22.5. The highest BCUT2D eigenvalue weighted by Crippen LogP contribution is 2.08. The van der Waals surface area contributed by atoms with Crippen molar-refractivity contribution in [2.24, 2.45) is 5.10 Å². The summed E-state index contributed by atoms with van der Waals surface area (Å²) in [5.74, 6) is -2.30. The first-order chi connectivity index (χ1) is 8.47. The molecule has 0 radical (unpaired) electrons. The van der Waals surface area contributed by atoms with Gasteiger partial charge in [0.15, 0.2) is 0 Å². The molecule has 96 valence electrons. The van der Waals surface area contributed by atoms with Crippen LogP contribution >= 0.6 is 11.6 Å². The lowest BCUT2D eigenvalue weighted by molar-refractivity contribution is -0.141. The van der Waals surface area contributed by atoms with Gasteiger partial charge in [0, 0.05) is 5.02 Å². The number of halogens is 1. The number of rotatable bonds is 6. The lowest BCUT2D eigenvalue weighted by Gasteiger charge is -2.13. The number of hydrogen-bond donors (Lipinski definition) is 2. The number of nitrogens with zero attached hydrogens (tertiary/aromatic N) is 2. The van der Waals surface area contributed by atoms with Gasteiger partial charge in [-0.2, -0.15) is 5.10 Å². The van der Waals surface area contributed by atoms with Crippen molar-refractivity contribution < 1.29 is 19.8 Å². The van der Waals surface area contributed by atoms with Gasteiger partial charge in [-0.25, -0.2) is 0 Å². The third-order valence-corrected chi connectivity index (χ3v) is 2.13. The van der Waals surface area contributed by atoms with E-state index >= 15 is 0 Å². The van der Waals surface area contributed by atoms with Gasteiger partial charge in [-0.1, -0.05) is 23.7 Å². The zero-order valence-electron chi connectivity index (χ0n) is 9.28. The number of carboxylic acids is 2. The van der Waals surface area contributed by atoms with Gasteiger partial charge >= 0.3 is 11.9 Å². The Kier molecular flexibility index (Phi) is 5.13. The molecule has 1 aromatic carbocycles. The predicted octanol–water partition coefficient (Wildman–Crippen LogP) is 1.15. The molecule has 18 heavy (non-hydrogen) atoms. The molecule has 0 spiro atoms. The quantitative estimate of drug-likeness (QED) is 0.598. The number of hydrazone groups is 1. The maximum atomic E-state index is 10.5. The molecule has 0 bridgehead atoms. The molecule has 0 atom stereocenters. The van der Waals surface area contributed by atoms with Crippen LogP contribution in [0.4, 0.5) is 0 Å². The van der Waals surface area contributed by atoms with Crippen molar-refractivity contribution in [3.63, 3.8) is 0 Å². The van der Waals surface area contributed by atoms with Crippen LogP contribution in [-0.4, -0.2) is 46.5 Å². The van der Waals surface area contributed by atoms with E-state index in [9.17, 15) is 9.59 Å². The second-order valence-corrected chi connectivity index (χ2v) is 3.84.